The maximum Gasteiger partial charge on any atom is 0.243 e. The quantitative estimate of drug-likeness (QED) is 0.721. The van der Waals surface area contributed by atoms with Gasteiger partial charge in [-0.2, -0.15) is 4.31 Å². The molecule has 1 N–H and O–H groups in total. The lowest BCUT2D eigenvalue weighted by Crippen LogP contribution is -2.60. The zero-order valence-electron chi connectivity index (χ0n) is 18.3. The van der Waals surface area contributed by atoms with E-state index in [2.05, 4.69) is 10.2 Å². The van der Waals surface area contributed by atoms with Crippen LogP contribution in [0.3, 0.4) is 0 Å². The maximum absolute atomic E-state index is 13.1. The molecular formula is C23H35N3O4S. The van der Waals surface area contributed by atoms with Crippen molar-refractivity contribution >= 4 is 15.9 Å². The molecule has 0 spiro atoms. The van der Waals surface area contributed by atoms with E-state index in [1.807, 2.05) is 0 Å². The Morgan fingerprint density at radius 3 is 2.45 bits per heavy atom. The van der Waals surface area contributed by atoms with E-state index in [1.54, 1.807) is 30.3 Å². The van der Waals surface area contributed by atoms with Crippen LogP contribution in [0.4, 0.5) is 0 Å². The summed E-state index contributed by atoms with van der Waals surface area (Å²) in [5, 5.41) is 3.23. The Morgan fingerprint density at radius 1 is 1.03 bits per heavy atom. The lowest BCUT2D eigenvalue weighted by Gasteiger charge is -2.48. The van der Waals surface area contributed by atoms with Gasteiger partial charge in [-0.15, -0.1) is 0 Å². The average Bonchev–Trinajstić information content (AvgIpc) is 2.84. The highest BCUT2D eigenvalue weighted by Gasteiger charge is 2.40. The smallest absolute Gasteiger partial charge is 0.243 e. The fourth-order valence-corrected chi connectivity index (χ4v) is 6.91. The molecule has 2 saturated heterocycles. The molecule has 1 amide bonds. The standard InChI is InChI=1S/C23H35N3O4S/c27-22(24-19-23(11-5-2-6-12-23)25-14-16-30-17-15-25)20-8-7-13-26(18-20)31(28,29)21-9-3-1-4-10-21/h1,3-4,9-10,20H,2,5-8,11-19H2,(H,24,27). The minimum atomic E-state index is -3.56. The van der Waals surface area contributed by atoms with Crippen LogP contribution in [0.25, 0.3) is 0 Å². The number of sulfonamides is 1. The van der Waals surface area contributed by atoms with Crippen molar-refractivity contribution in [1.29, 1.82) is 0 Å². The molecule has 1 atom stereocenters. The van der Waals surface area contributed by atoms with E-state index in [-0.39, 0.29) is 23.9 Å². The molecule has 1 aromatic rings. The highest BCUT2D eigenvalue weighted by molar-refractivity contribution is 7.89. The van der Waals surface area contributed by atoms with Crippen molar-refractivity contribution in [1.82, 2.24) is 14.5 Å². The number of rotatable bonds is 6. The Kier molecular flexibility index (Phi) is 7.31. The molecule has 0 aromatic heterocycles. The number of benzene rings is 1. The zero-order valence-corrected chi connectivity index (χ0v) is 19.1. The Bertz CT molecular complexity index is 834. The highest BCUT2D eigenvalue weighted by atomic mass is 32.2. The second kappa shape index (κ2) is 9.98. The summed E-state index contributed by atoms with van der Waals surface area (Å²) >= 11 is 0. The first-order chi connectivity index (χ1) is 15.0. The fourth-order valence-electron chi connectivity index (χ4n) is 5.36. The average molecular weight is 450 g/mol. The van der Waals surface area contributed by atoms with E-state index in [9.17, 15) is 13.2 Å². The first-order valence-corrected chi connectivity index (χ1v) is 13.1. The summed E-state index contributed by atoms with van der Waals surface area (Å²) in [6.07, 6.45) is 7.29. The Morgan fingerprint density at radius 2 is 1.74 bits per heavy atom. The van der Waals surface area contributed by atoms with Crippen LogP contribution in [0, 0.1) is 5.92 Å². The van der Waals surface area contributed by atoms with Gasteiger partial charge in [0.2, 0.25) is 15.9 Å². The van der Waals surface area contributed by atoms with Gasteiger partial charge >= 0.3 is 0 Å². The van der Waals surface area contributed by atoms with E-state index in [1.165, 1.54) is 23.6 Å². The SMILES string of the molecule is O=C(NCC1(N2CCOCC2)CCCCC1)C1CCCN(S(=O)(=O)c2ccccc2)C1. The Labute approximate surface area is 186 Å². The van der Waals surface area contributed by atoms with Gasteiger partial charge in [0.1, 0.15) is 0 Å². The largest absolute Gasteiger partial charge is 0.379 e. The van der Waals surface area contributed by atoms with Gasteiger partial charge in [0.25, 0.3) is 0 Å². The van der Waals surface area contributed by atoms with E-state index in [0.717, 1.165) is 45.6 Å². The summed E-state index contributed by atoms with van der Waals surface area (Å²) in [5.74, 6) is -0.302. The first-order valence-electron chi connectivity index (χ1n) is 11.7. The number of ether oxygens (including phenoxy) is 1. The number of hydrogen-bond donors (Lipinski definition) is 1. The van der Waals surface area contributed by atoms with Gasteiger partial charge in [0.05, 0.1) is 24.0 Å². The predicted molar refractivity (Wildman–Crippen MR) is 119 cm³/mol. The van der Waals surface area contributed by atoms with Crippen LogP contribution >= 0.6 is 0 Å². The van der Waals surface area contributed by atoms with Crippen LogP contribution < -0.4 is 5.32 Å². The molecule has 0 radical (unpaired) electrons. The number of carbonyl (C=O) groups excluding carboxylic acids is 1. The van der Waals surface area contributed by atoms with Gasteiger partial charge in [-0.05, 0) is 37.8 Å². The van der Waals surface area contributed by atoms with Crippen molar-refractivity contribution < 1.29 is 17.9 Å². The molecule has 4 rings (SSSR count). The van der Waals surface area contributed by atoms with E-state index >= 15 is 0 Å². The molecule has 1 unspecified atom stereocenters. The molecule has 0 bridgehead atoms. The minimum absolute atomic E-state index is 0.00818. The molecule has 3 aliphatic rings. The van der Waals surface area contributed by atoms with Crippen molar-refractivity contribution in [2.24, 2.45) is 5.92 Å². The molecule has 3 fully saturated rings. The lowest BCUT2D eigenvalue weighted by atomic mass is 9.79. The van der Waals surface area contributed by atoms with Crippen molar-refractivity contribution in [3.05, 3.63) is 30.3 Å². The minimum Gasteiger partial charge on any atom is -0.379 e. The molecule has 1 aromatic carbocycles. The molecule has 1 saturated carbocycles. The second-order valence-corrected chi connectivity index (χ2v) is 11.1. The van der Waals surface area contributed by atoms with Crippen LogP contribution in [-0.4, -0.2) is 75.0 Å². The summed E-state index contributed by atoms with van der Waals surface area (Å²) in [5.41, 5.74) is 0.0160. The Hall–Kier alpha value is -1.48. The molecule has 2 aliphatic heterocycles. The van der Waals surface area contributed by atoms with Gasteiger partial charge in [0, 0.05) is 38.3 Å². The summed E-state index contributed by atoms with van der Waals surface area (Å²) in [6.45, 7) is 4.72. The third-order valence-corrected chi connectivity index (χ3v) is 9.07. The number of hydrogen-bond acceptors (Lipinski definition) is 5. The van der Waals surface area contributed by atoms with Gasteiger partial charge in [-0.3, -0.25) is 9.69 Å². The Balaban J connectivity index is 1.39. The number of carbonyl (C=O) groups is 1. The topological polar surface area (TPSA) is 79.0 Å². The van der Waals surface area contributed by atoms with E-state index in [0.29, 0.717) is 24.4 Å². The molecular weight excluding hydrogens is 414 g/mol. The molecule has 2 heterocycles. The summed E-state index contributed by atoms with van der Waals surface area (Å²) in [6, 6.07) is 8.51. The highest BCUT2D eigenvalue weighted by Crippen LogP contribution is 2.34. The van der Waals surface area contributed by atoms with Crippen molar-refractivity contribution in [3.63, 3.8) is 0 Å². The van der Waals surface area contributed by atoms with Gasteiger partial charge < -0.3 is 10.1 Å². The van der Waals surface area contributed by atoms with Gasteiger partial charge in [0.15, 0.2) is 0 Å². The number of morpholine rings is 1. The summed E-state index contributed by atoms with van der Waals surface area (Å²) in [7, 11) is -3.56. The summed E-state index contributed by atoms with van der Waals surface area (Å²) in [4.78, 5) is 15.9. The van der Waals surface area contributed by atoms with Gasteiger partial charge in [-0.25, -0.2) is 8.42 Å². The van der Waals surface area contributed by atoms with Crippen LogP contribution in [0.15, 0.2) is 35.2 Å². The van der Waals surface area contributed by atoms with Crippen molar-refractivity contribution in [2.45, 2.75) is 55.4 Å². The molecule has 1 aliphatic carbocycles. The monoisotopic (exact) mass is 449 g/mol. The molecule has 8 heteroatoms. The lowest BCUT2D eigenvalue weighted by molar-refractivity contribution is -0.127. The van der Waals surface area contributed by atoms with E-state index in [4.69, 9.17) is 4.74 Å². The number of nitrogens with one attached hydrogen (secondary N) is 1. The molecule has 172 valence electrons. The van der Waals surface area contributed by atoms with Crippen LogP contribution in [0.1, 0.15) is 44.9 Å². The van der Waals surface area contributed by atoms with Crippen molar-refractivity contribution in [2.75, 3.05) is 45.9 Å². The fraction of sp³-hybridized carbons (Fsp3) is 0.696. The normalized spacial score (nSPS) is 25.7. The summed E-state index contributed by atoms with van der Waals surface area (Å²) < 4.78 is 33.0. The third kappa shape index (κ3) is 5.13. The third-order valence-electron chi connectivity index (χ3n) is 7.19. The predicted octanol–water partition coefficient (Wildman–Crippen LogP) is 2.24. The maximum atomic E-state index is 13.1. The van der Waals surface area contributed by atoms with Crippen molar-refractivity contribution in [3.8, 4) is 0 Å². The van der Waals surface area contributed by atoms with Gasteiger partial charge in [-0.1, -0.05) is 37.5 Å². The number of piperidine rings is 1. The zero-order chi connectivity index (χ0) is 21.7. The number of nitrogens with zero attached hydrogens (tertiary/aromatic N) is 2. The van der Waals surface area contributed by atoms with E-state index < -0.39 is 10.0 Å². The second-order valence-electron chi connectivity index (χ2n) is 9.12. The van der Waals surface area contributed by atoms with Crippen LogP contribution in [0.5, 0.6) is 0 Å². The first kappa shape index (κ1) is 22.7. The molecule has 7 nitrogen and oxygen atoms in total. The number of amides is 1. The van der Waals surface area contributed by atoms with Crippen LogP contribution in [-0.2, 0) is 19.6 Å². The molecule has 31 heavy (non-hydrogen) atoms. The van der Waals surface area contributed by atoms with Crippen LogP contribution in [0.2, 0.25) is 0 Å².